The number of pyridine rings is 1. The van der Waals surface area contributed by atoms with E-state index in [1.165, 1.54) is 0 Å². The van der Waals surface area contributed by atoms with E-state index in [9.17, 15) is 5.11 Å². The largest absolute Gasteiger partial charge is 0.385 e. The Morgan fingerprint density at radius 3 is 2.65 bits per heavy atom. The summed E-state index contributed by atoms with van der Waals surface area (Å²) < 4.78 is 1.67. The van der Waals surface area contributed by atoms with Crippen molar-refractivity contribution in [3.05, 3.63) is 42.4 Å². The molecule has 6 heteroatoms. The summed E-state index contributed by atoms with van der Waals surface area (Å²) in [5.41, 5.74) is 0.616. The predicted octanol–water partition coefficient (Wildman–Crippen LogP) is 1.80. The van der Waals surface area contributed by atoms with Crippen LogP contribution in [0.3, 0.4) is 0 Å². The van der Waals surface area contributed by atoms with Crippen molar-refractivity contribution in [3.8, 4) is 5.82 Å². The fourth-order valence-corrected chi connectivity index (χ4v) is 1.66. The van der Waals surface area contributed by atoms with Crippen molar-refractivity contribution in [2.24, 2.45) is 0 Å². The third-order valence-electron chi connectivity index (χ3n) is 2.66. The van der Waals surface area contributed by atoms with Gasteiger partial charge >= 0.3 is 0 Å². The van der Waals surface area contributed by atoms with Gasteiger partial charge in [-0.05, 0) is 39.0 Å². The number of rotatable bonds is 4. The highest BCUT2D eigenvalue weighted by atomic mass is 32.1. The number of hydrogen-bond acceptors (Lipinski definition) is 4. The summed E-state index contributed by atoms with van der Waals surface area (Å²) in [4.78, 5) is 4.43. The molecule has 2 rings (SSSR count). The van der Waals surface area contributed by atoms with Gasteiger partial charge in [-0.25, -0.2) is 9.67 Å². The van der Waals surface area contributed by atoms with Crippen LogP contribution in [0.2, 0.25) is 0 Å². The van der Waals surface area contributed by atoms with Crippen LogP contribution in [0.4, 0.5) is 0 Å². The van der Waals surface area contributed by atoms with Gasteiger partial charge in [-0.3, -0.25) is 0 Å². The van der Waals surface area contributed by atoms with Gasteiger partial charge in [-0.2, -0.15) is 18.6 Å². The number of aliphatic hydroxyl groups excluding tert-OH is 1. The maximum Gasteiger partial charge on any atom is 0.153 e. The van der Waals surface area contributed by atoms with E-state index >= 15 is 0 Å². The molecule has 0 fully saturated rings. The zero-order valence-electron chi connectivity index (χ0n) is 12.0. The van der Waals surface area contributed by atoms with Crippen LogP contribution in [0.5, 0.6) is 0 Å². The van der Waals surface area contributed by atoms with Crippen LogP contribution in [0.15, 0.2) is 36.7 Å². The topological polar surface area (TPSA) is 63.0 Å². The summed E-state index contributed by atoms with van der Waals surface area (Å²) >= 11 is 0. The average molecular weight is 294 g/mol. The summed E-state index contributed by atoms with van der Waals surface area (Å²) in [7, 11) is 0. The predicted molar refractivity (Wildman–Crippen MR) is 84.5 cm³/mol. The van der Waals surface area contributed by atoms with E-state index < -0.39 is 6.10 Å². The van der Waals surface area contributed by atoms with Crippen LogP contribution >= 0.6 is 13.5 Å². The number of aliphatic hydroxyl groups is 1. The maximum atomic E-state index is 10.2. The van der Waals surface area contributed by atoms with Gasteiger partial charge in [0.15, 0.2) is 5.82 Å². The zero-order valence-corrected chi connectivity index (χ0v) is 13.0. The Bertz CT molecular complexity index is 522. The Kier molecular flexibility index (Phi) is 5.74. The maximum absolute atomic E-state index is 10.2. The van der Waals surface area contributed by atoms with Crippen LogP contribution in [0.1, 0.15) is 32.6 Å². The molecule has 0 amide bonds. The van der Waals surface area contributed by atoms with Crippen LogP contribution in [-0.2, 0) is 0 Å². The molecule has 0 saturated heterocycles. The highest BCUT2D eigenvalue weighted by Gasteiger charge is 2.15. The first-order valence-corrected chi connectivity index (χ1v) is 6.36. The number of β-amino-alcohol motifs (C(OH)–C–C–N with tert-alkyl or cyclic N) is 1. The second kappa shape index (κ2) is 6.88. The Hall–Kier alpha value is -1.37. The normalized spacial score (nSPS) is 12.8. The fourth-order valence-electron chi connectivity index (χ4n) is 1.66. The van der Waals surface area contributed by atoms with Gasteiger partial charge in [0.05, 0.1) is 5.69 Å². The molecule has 2 aromatic heterocycles. The standard InChI is InChI=1S/C14H20N4O.H2S/c1-14(2,3)15-10-12(19)11-6-4-7-13(17-11)18-9-5-8-16-18;/h4-9,12,15,19H,10H2,1-3H3;1H2/t12-;/m0./s1. The van der Waals surface area contributed by atoms with Crippen LogP contribution in [0.25, 0.3) is 5.82 Å². The lowest BCUT2D eigenvalue weighted by atomic mass is 10.1. The molecule has 0 aromatic carbocycles. The lowest BCUT2D eigenvalue weighted by Crippen LogP contribution is -2.38. The Morgan fingerprint density at radius 1 is 1.30 bits per heavy atom. The average Bonchev–Trinajstić information content (AvgIpc) is 2.89. The number of nitrogens with one attached hydrogen (secondary N) is 1. The molecule has 0 radical (unpaired) electrons. The second-order valence-electron chi connectivity index (χ2n) is 5.52. The highest BCUT2D eigenvalue weighted by Crippen LogP contribution is 2.13. The van der Waals surface area contributed by atoms with E-state index in [1.54, 1.807) is 10.9 Å². The molecule has 0 aliphatic heterocycles. The van der Waals surface area contributed by atoms with Crippen LogP contribution in [0, 0.1) is 0 Å². The second-order valence-corrected chi connectivity index (χ2v) is 5.52. The summed E-state index contributed by atoms with van der Waals surface area (Å²) in [5, 5.41) is 17.5. The number of aromatic nitrogens is 3. The molecule has 0 bridgehead atoms. The van der Waals surface area contributed by atoms with E-state index in [-0.39, 0.29) is 19.0 Å². The van der Waals surface area contributed by atoms with Crippen molar-refractivity contribution >= 4 is 13.5 Å². The molecule has 0 aliphatic carbocycles. The lowest BCUT2D eigenvalue weighted by molar-refractivity contribution is 0.159. The van der Waals surface area contributed by atoms with Crippen molar-refractivity contribution in [2.45, 2.75) is 32.4 Å². The zero-order chi connectivity index (χ0) is 13.9. The van der Waals surface area contributed by atoms with E-state index in [0.717, 1.165) is 0 Å². The van der Waals surface area contributed by atoms with Gasteiger partial charge < -0.3 is 10.4 Å². The van der Waals surface area contributed by atoms with Gasteiger partial charge in [0, 0.05) is 24.5 Å². The third kappa shape index (κ3) is 4.63. The third-order valence-corrected chi connectivity index (χ3v) is 2.66. The van der Waals surface area contributed by atoms with Gasteiger partial charge in [0.1, 0.15) is 6.10 Å². The molecule has 0 spiro atoms. The molecule has 5 nitrogen and oxygen atoms in total. The van der Waals surface area contributed by atoms with Crippen molar-refractivity contribution < 1.29 is 5.11 Å². The molecule has 2 N–H and O–H groups in total. The van der Waals surface area contributed by atoms with Gasteiger partial charge in [0.25, 0.3) is 0 Å². The molecule has 0 aliphatic rings. The van der Waals surface area contributed by atoms with Gasteiger partial charge in [0.2, 0.25) is 0 Å². The minimum atomic E-state index is -0.630. The monoisotopic (exact) mass is 294 g/mol. The van der Waals surface area contributed by atoms with Gasteiger partial charge in [-0.1, -0.05) is 6.07 Å². The molecule has 110 valence electrons. The van der Waals surface area contributed by atoms with Crippen molar-refractivity contribution in [1.29, 1.82) is 0 Å². The summed E-state index contributed by atoms with van der Waals surface area (Å²) in [6.45, 7) is 6.66. The summed E-state index contributed by atoms with van der Waals surface area (Å²) in [6, 6.07) is 7.40. The minimum absolute atomic E-state index is 0. The molecule has 1 atom stereocenters. The fraction of sp³-hybridized carbons (Fsp3) is 0.429. The Labute approximate surface area is 126 Å². The van der Waals surface area contributed by atoms with Crippen LogP contribution < -0.4 is 5.32 Å². The van der Waals surface area contributed by atoms with Crippen LogP contribution in [-0.4, -0.2) is 32.0 Å². The SMILES string of the molecule is CC(C)(C)NC[C@H](O)c1cccc(-n2cccn2)n1.S. The smallest absolute Gasteiger partial charge is 0.153 e. The molecular formula is C14H22N4OS. The molecular weight excluding hydrogens is 272 g/mol. The van der Waals surface area contributed by atoms with Crippen molar-refractivity contribution in [2.75, 3.05) is 6.54 Å². The highest BCUT2D eigenvalue weighted by molar-refractivity contribution is 7.59. The Balaban J connectivity index is 0.00000200. The van der Waals surface area contributed by atoms with E-state index in [0.29, 0.717) is 18.1 Å². The molecule has 2 heterocycles. The van der Waals surface area contributed by atoms with E-state index in [1.807, 2.05) is 30.5 Å². The summed E-state index contributed by atoms with van der Waals surface area (Å²) in [6.07, 6.45) is 2.90. The van der Waals surface area contributed by atoms with E-state index in [4.69, 9.17) is 0 Å². The first kappa shape index (κ1) is 16.7. The van der Waals surface area contributed by atoms with Crippen molar-refractivity contribution in [1.82, 2.24) is 20.1 Å². The van der Waals surface area contributed by atoms with Crippen molar-refractivity contribution in [3.63, 3.8) is 0 Å². The Morgan fingerprint density at radius 2 is 2.05 bits per heavy atom. The molecule has 0 unspecified atom stereocenters. The number of nitrogens with zero attached hydrogens (tertiary/aromatic N) is 3. The summed E-state index contributed by atoms with van der Waals surface area (Å²) in [5.74, 6) is 0.706. The lowest BCUT2D eigenvalue weighted by Gasteiger charge is -2.22. The molecule has 0 saturated carbocycles. The molecule has 20 heavy (non-hydrogen) atoms. The number of hydrogen-bond donors (Lipinski definition) is 2. The first-order chi connectivity index (χ1) is 8.96. The quantitative estimate of drug-likeness (QED) is 0.902. The van der Waals surface area contributed by atoms with E-state index in [2.05, 4.69) is 36.2 Å². The van der Waals surface area contributed by atoms with Gasteiger partial charge in [-0.15, -0.1) is 0 Å². The minimum Gasteiger partial charge on any atom is -0.385 e. The molecule has 2 aromatic rings. The first-order valence-electron chi connectivity index (χ1n) is 6.36.